The standard InChI is InChI=1S/C12H26N2O/c1-11(2)12(3)13-5-7-14-6-4-9-15-10-8-14/h11-13H,4-10H2,1-3H3. The van der Waals surface area contributed by atoms with Gasteiger partial charge in [0, 0.05) is 38.8 Å². The summed E-state index contributed by atoms with van der Waals surface area (Å²) >= 11 is 0. The maximum atomic E-state index is 5.43. The molecule has 3 heteroatoms. The Hall–Kier alpha value is -0.120. The molecule has 1 unspecified atom stereocenters. The highest BCUT2D eigenvalue weighted by molar-refractivity contribution is 4.67. The zero-order valence-corrected chi connectivity index (χ0v) is 10.5. The fraction of sp³-hybridized carbons (Fsp3) is 1.00. The summed E-state index contributed by atoms with van der Waals surface area (Å²) in [6, 6.07) is 0.619. The van der Waals surface area contributed by atoms with E-state index in [1.54, 1.807) is 0 Å². The van der Waals surface area contributed by atoms with Gasteiger partial charge < -0.3 is 10.1 Å². The van der Waals surface area contributed by atoms with Crippen molar-refractivity contribution in [1.29, 1.82) is 0 Å². The van der Waals surface area contributed by atoms with E-state index in [1.165, 1.54) is 13.0 Å². The van der Waals surface area contributed by atoms with E-state index in [1.807, 2.05) is 0 Å². The second kappa shape index (κ2) is 7.20. The van der Waals surface area contributed by atoms with Gasteiger partial charge in [0.25, 0.3) is 0 Å². The Labute approximate surface area is 94.2 Å². The molecule has 0 radical (unpaired) electrons. The first kappa shape index (κ1) is 12.9. The van der Waals surface area contributed by atoms with Crippen LogP contribution in [-0.4, -0.2) is 50.3 Å². The van der Waals surface area contributed by atoms with Crippen LogP contribution >= 0.6 is 0 Å². The van der Waals surface area contributed by atoms with E-state index in [-0.39, 0.29) is 0 Å². The monoisotopic (exact) mass is 214 g/mol. The molecule has 1 heterocycles. The normalized spacial score (nSPS) is 21.6. The molecule has 1 aliphatic rings. The highest BCUT2D eigenvalue weighted by atomic mass is 16.5. The smallest absolute Gasteiger partial charge is 0.0593 e. The molecule has 1 fully saturated rings. The number of nitrogens with one attached hydrogen (secondary N) is 1. The zero-order chi connectivity index (χ0) is 11.1. The number of hydrogen-bond acceptors (Lipinski definition) is 3. The molecular weight excluding hydrogens is 188 g/mol. The number of nitrogens with zero attached hydrogens (tertiary/aromatic N) is 1. The molecule has 1 aliphatic heterocycles. The molecule has 0 spiro atoms. The Morgan fingerprint density at radius 1 is 1.20 bits per heavy atom. The van der Waals surface area contributed by atoms with Crippen LogP contribution in [0.25, 0.3) is 0 Å². The first-order valence-electron chi connectivity index (χ1n) is 6.23. The SMILES string of the molecule is CC(C)C(C)NCCN1CCCOCC1. The van der Waals surface area contributed by atoms with E-state index >= 15 is 0 Å². The van der Waals surface area contributed by atoms with Gasteiger partial charge in [0.1, 0.15) is 0 Å². The lowest BCUT2D eigenvalue weighted by Gasteiger charge is -2.22. The van der Waals surface area contributed by atoms with Crippen LogP contribution in [-0.2, 0) is 4.74 Å². The predicted molar refractivity (Wildman–Crippen MR) is 64.2 cm³/mol. The van der Waals surface area contributed by atoms with E-state index in [2.05, 4.69) is 31.0 Å². The van der Waals surface area contributed by atoms with Gasteiger partial charge in [-0.05, 0) is 19.3 Å². The molecular formula is C12H26N2O. The van der Waals surface area contributed by atoms with Crippen LogP contribution in [0.5, 0.6) is 0 Å². The van der Waals surface area contributed by atoms with Crippen molar-refractivity contribution < 1.29 is 4.74 Å². The van der Waals surface area contributed by atoms with Crippen molar-refractivity contribution in [2.24, 2.45) is 5.92 Å². The number of ether oxygens (including phenoxy) is 1. The van der Waals surface area contributed by atoms with Gasteiger partial charge in [-0.2, -0.15) is 0 Å². The van der Waals surface area contributed by atoms with Crippen molar-refractivity contribution in [2.75, 3.05) is 39.4 Å². The molecule has 0 saturated carbocycles. The van der Waals surface area contributed by atoms with E-state index < -0.39 is 0 Å². The summed E-state index contributed by atoms with van der Waals surface area (Å²) in [6.07, 6.45) is 1.18. The molecule has 0 bridgehead atoms. The van der Waals surface area contributed by atoms with Crippen LogP contribution in [0.2, 0.25) is 0 Å². The maximum Gasteiger partial charge on any atom is 0.0593 e. The van der Waals surface area contributed by atoms with Gasteiger partial charge in [0.15, 0.2) is 0 Å². The van der Waals surface area contributed by atoms with Crippen LogP contribution in [0.3, 0.4) is 0 Å². The van der Waals surface area contributed by atoms with Gasteiger partial charge in [-0.1, -0.05) is 13.8 Å². The highest BCUT2D eigenvalue weighted by Crippen LogP contribution is 2.00. The number of rotatable bonds is 5. The van der Waals surface area contributed by atoms with Crippen LogP contribution in [0.1, 0.15) is 27.2 Å². The van der Waals surface area contributed by atoms with E-state index in [0.29, 0.717) is 6.04 Å². The van der Waals surface area contributed by atoms with Crippen molar-refractivity contribution in [3.63, 3.8) is 0 Å². The van der Waals surface area contributed by atoms with Gasteiger partial charge in [0.05, 0.1) is 6.61 Å². The minimum atomic E-state index is 0.619. The van der Waals surface area contributed by atoms with Crippen LogP contribution in [0.15, 0.2) is 0 Å². The fourth-order valence-electron chi connectivity index (χ4n) is 1.71. The fourth-order valence-corrected chi connectivity index (χ4v) is 1.71. The average molecular weight is 214 g/mol. The van der Waals surface area contributed by atoms with Gasteiger partial charge >= 0.3 is 0 Å². The second-order valence-corrected chi connectivity index (χ2v) is 4.79. The van der Waals surface area contributed by atoms with E-state index in [9.17, 15) is 0 Å². The second-order valence-electron chi connectivity index (χ2n) is 4.79. The van der Waals surface area contributed by atoms with Gasteiger partial charge in [-0.25, -0.2) is 0 Å². The molecule has 0 aromatic rings. The molecule has 15 heavy (non-hydrogen) atoms. The van der Waals surface area contributed by atoms with Crippen molar-refractivity contribution in [3.8, 4) is 0 Å². The molecule has 3 nitrogen and oxygen atoms in total. The van der Waals surface area contributed by atoms with E-state index in [4.69, 9.17) is 4.74 Å². The largest absolute Gasteiger partial charge is 0.380 e. The third-order valence-electron chi connectivity index (χ3n) is 3.21. The van der Waals surface area contributed by atoms with Gasteiger partial charge in [-0.3, -0.25) is 4.90 Å². The zero-order valence-electron chi connectivity index (χ0n) is 10.5. The first-order valence-corrected chi connectivity index (χ1v) is 6.23. The average Bonchev–Trinajstić information content (AvgIpc) is 2.46. The van der Waals surface area contributed by atoms with Crippen molar-refractivity contribution in [2.45, 2.75) is 33.2 Å². The maximum absolute atomic E-state index is 5.43. The lowest BCUT2D eigenvalue weighted by molar-refractivity contribution is 0.141. The van der Waals surface area contributed by atoms with Gasteiger partial charge in [-0.15, -0.1) is 0 Å². The van der Waals surface area contributed by atoms with Crippen LogP contribution in [0.4, 0.5) is 0 Å². The Bertz CT molecular complexity index is 154. The quantitative estimate of drug-likeness (QED) is 0.747. The molecule has 1 atom stereocenters. The Morgan fingerprint density at radius 3 is 2.73 bits per heavy atom. The summed E-state index contributed by atoms with van der Waals surface area (Å²) in [5, 5.41) is 3.57. The molecule has 1 saturated heterocycles. The molecule has 0 aliphatic carbocycles. The Kier molecular flexibility index (Phi) is 6.22. The Morgan fingerprint density at radius 2 is 2.00 bits per heavy atom. The van der Waals surface area contributed by atoms with Crippen molar-refractivity contribution >= 4 is 0 Å². The third-order valence-corrected chi connectivity index (χ3v) is 3.21. The predicted octanol–water partition coefficient (Wildman–Crippen LogP) is 1.34. The van der Waals surface area contributed by atoms with Crippen molar-refractivity contribution in [1.82, 2.24) is 10.2 Å². The lowest BCUT2D eigenvalue weighted by Crippen LogP contribution is -2.38. The summed E-state index contributed by atoms with van der Waals surface area (Å²) in [4.78, 5) is 2.49. The summed E-state index contributed by atoms with van der Waals surface area (Å²) in [6.45, 7) is 13.2. The molecule has 90 valence electrons. The number of hydrogen-bond donors (Lipinski definition) is 1. The molecule has 1 rings (SSSR count). The summed E-state index contributed by atoms with van der Waals surface area (Å²) in [5.74, 6) is 0.720. The van der Waals surface area contributed by atoms with Crippen LogP contribution < -0.4 is 5.32 Å². The first-order chi connectivity index (χ1) is 7.20. The topological polar surface area (TPSA) is 24.5 Å². The van der Waals surface area contributed by atoms with Crippen molar-refractivity contribution in [3.05, 3.63) is 0 Å². The Balaban J connectivity index is 2.07. The van der Waals surface area contributed by atoms with E-state index in [0.717, 1.165) is 38.8 Å². The molecule has 1 N–H and O–H groups in total. The lowest BCUT2D eigenvalue weighted by atomic mass is 10.1. The molecule has 0 aromatic heterocycles. The summed E-state index contributed by atoms with van der Waals surface area (Å²) < 4.78 is 5.43. The minimum absolute atomic E-state index is 0.619. The third kappa shape index (κ3) is 5.50. The molecule has 0 amide bonds. The summed E-state index contributed by atoms with van der Waals surface area (Å²) in [7, 11) is 0. The minimum Gasteiger partial charge on any atom is -0.380 e. The molecule has 0 aromatic carbocycles. The van der Waals surface area contributed by atoms with Gasteiger partial charge in [0.2, 0.25) is 0 Å². The van der Waals surface area contributed by atoms with Crippen LogP contribution in [0, 0.1) is 5.92 Å². The highest BCUT2D eigenvalue weighted by Gasteiger charge is 2.10. The summed E-state index contributed by atoms with van der Waals surface area (Å²) in [5.41, 5.74) is 0.